The summed E-state index contributed by atoms with van der Waals surface area (Å²) in [4.78, 5) is 0. The van der Waals surface area contributed by atoms with Gasteiger partial charge in [0.05, 0.1) is 8.44 Å². The third-order valence-corrected chi connectivity index (χ3v) is 4.88. The number of hydrogen-bond acceptors (Lipinski definition) is 2. The Morgan fingerprint density at radius 1 is 1.31 bits per heavy atom. The molecule has 2 aromatic rings. The zero-order valence-electron chi connectivity index (χ0n) is 17.0. The molecule has 0 N–H and O–H groups in total. The van der Waals surface area contributed by atoms with Crippen LogP contribution in [-0.4, -0.2) is 9.78 Å². The zero-order chi connectivity index (χ0) is 19.4. The van der Waals surface area contributed by atoms with Crippen molar-refractivity contribution < 1.29 is 11.9 Å². The monoisotopic (exact) mass is 402 g/mol. The molecule has 0 bridgehead atoms. The molecule has 1 aromatic heterocycles. The van der Waals surface area contributed by atoms with Gasteiger partial charge >= 0.3 is 0 Å². The highest BCUT2D eigenvalue weighted by atomic mass is 35.5. The van der Waals surface area contributed by atoms with E-state index in [1.54, 1.807) is 10.7 Å². The highest BCUT2D eigenvalue weighted by Crippen LogP contribution is 2.27. The van der Waals surface area contributed by atoms with Crippen LogP contribution in [0.4, 0.5) is 4.39 Å². The van der Waals surface area contributed by atoms with Crippen molar-refractivity contribution in [3.05, 3.63) is 46.4 Å². The van der Waals surface area contributed by atoms with Gasteiger partial charge in [-0.1, -0.05) is 44.2 Å². The predicted molar refractivity (Wildman–Crippen MR) is 106 cm³/mol. The Balaban J connectivity index is 0.00000280. The second kappa shape index (κ2) is 10.2. The van der Waals surface area contributed by atoms with E-state index in [4.69, 9.17) is 19.1 Å². The molecular formula is C20H27Cl2FN2O. The summed E-state index contributed by atoms with van der Waals surface area (Å²) in [6.45, 7) is 0.428. The highest BCUT2D eigenvalue weighted by Gasteiger charge is 2.18. The van der Waals surface area contributed by atoms with Crippen molar-refractivity contribution in [2.45, 2.75) is 65.0 Å². The number of aryl methyl sites for hydroxylation is 1. The van der Waals surface area contributed by atoms with E-state index >= 15 is 0 Å². The van der Waals surface area contributed by atoms with E-state index in [9.17, 15) is 4.39 Å². The average Bonchev–Trinajstić information content (AvgIpc) is 2.98. The largest absolute Gasteiger partial charge is 0.473 e. The van der Waals surface area contributed by atoms with Crippen LogP contribution >= 0.6 is 24.0 Å². The first-order chi connectivity index (χ1) is 12.9. The molecule has 0 saturated heterocycles. The third-order valence-electron chi connectivity index (χ3n) is 4.65. The van der Waals surface area contributed by atoms with Crippen LogP contribution in [0.25, 0.3) is 0 Å². The molecule has 1 aliphatic carbocycles. The molecule has 6 heteroatoms. The molecule has 3 rings (SSSR count). The first-order valence-corrected chi connectivity index (χ1v) is 9.48. The summed E-state index contributed by atoms with van der Waals surface area (Å²) >= 11 is 5.92. The summed E-state index contributed by atoms with van der Waals surface area (Å²) in [6.07, 6.45) is 7.75. The van der Waals surface area contributed by atoms with E-state index in [1.807, 2.05) is 0 Å². The molecular weight excluding hydrogens is 374 g/mol. The second-order valence-corrected chi connectivity index (χ2v) is 7.17. The van der Waals surface area contributed by atoms with Gasteiger partial charge in [0.25, 0.3) is 0 Å². The fourth-order valence-electron chi connectivity index (χ4n) is 3.34. The molecule has 0 radical (unpaired) electrons. The quantitative estimate of drug-likeness (QED) is 0.550. The Kier molecular flexibility index (Phi) is 7.09. The van der Waals surface area contributed by atoms with Crippen molar-refractivity contribution in [3.8, 4) is 5.88 Å². The molecule has 0 atom stereocenters. The normalized spacial score (nSPS) is 16.6. The number of aromatic nitrogens is 2. The number of benzene rings is 1. The maximum Gasteiger partial charge on any atom is 0.212 e. The van der Waals surface area contributed by atoms with Crippen LogP contribution in [0.1, 0.15) is 59.4 Å². The topological polar surface area (TPSA) is 27.1 Å². The maximum absolute atomic E-state index is 14.2. The smallest absolute Gasteiger partial charge is 0.212 e. The van der Waals surface area contributed by atoms with Gasteiger partial charge in [0.1, 0.15) is 12.4 Å². The minimum absolute atomic E-state index is 0. The summed E-state index contributed by atoms with van der Waals surface area (Å²) < 4.78 is 38.1. The van der Waals surface area contributed by atoms with E-state index < -0.39 is 12.4 Å². The fraction of sp³-hybridized carbons (Fsp3) is 0.550. The molecule has 1 heterocycles. The van der Waals surface area contributed by atoms with Gasteiger partial charge in [-0.2, -0.15) is 5.10 Å². The lowest BCUT2D eigenvalue weighted by atomic mass is 9.89. The molecule has 1 aliphatic rings. The second-order valence-electron chi connectivity index (χ2n) is 6.74. The van der Waals surface area contributed by atoms with Gasteiger partial charge in [0, 0.05) is 23.2 Å². The lowest BCUT2D eigenvalue weighted by Gasteiger charge is -2.22. The van der Waals surface area contributed by atoms with Crippen LogP contribution in [0.5, 0.6) is 5.88 Å². The Bertz CT molecular complexity index is 780. The molecule has 0 unspecified atom stereocenters. The van der Waals surface area contributed by atoms with Gasteiger partial charge in [0.2, 0.25) is 5.88 Å². The first-order valence-electron chi connectivity index (χ1n) is 10.1. The van der Waals surface area contributed by atoms with Crippen molar-refractivity contribution in [3.63, 3.8) is 0 Å². The Hall–Kier alpha value is -1.26. The standard InChI is InChI=1S/C20H26ClFN2O.ClH/c1-2-6-18-12-20(24(23-18)13-15-7-4-3-5-8-15)25-14-16-11-17(21)9-10-19(16)22;/h9-12,15H,2-8,13-14H2,1H3;1H/i14D2;. The molecule has 0 aliphatic heterocycles. The SMILES string of the molecule is Cl.[2H]C([2H])(Oc1cc(CCC)nn1CC1CCCCC1)c1cc(Cl)ccc1F. The van der Waals surface area contributed by atoms with E-state index in [-0.39, 0.29) is 23.0 Å². The summed E-state index contributed by atoms with van der Waals surface area (Å²) in [5.41, 5.74) is 0.656. The lowest BCUT2D eigenvalue weighted by molar-refractivity contribution is 0.242. The van der Waals surface area contributed by atoms with Crippen molar-refractivity contribution in [2.75, 3.05) is 0 Å². The van der Waals surface area contributed by atoms with Gasteiger partial charge in [-0.05, 0) is 43.4 Å². The van der Waals surface area contributed by atoms with Crippen molar-refractivity contribution in [1.82, 2.24) is 9.78 Å². The Morgan fingerprint density at radius 2 is 2.08 bits per heavy atom. The lowest BCUT2D eigenvalue weighted by Crippen LogP contribution is -2.16. The van der Waals surface area contributed by atoms with Crippen molar-refractivity contribution >= 4 is 24.0 Å². The molecule has 1 aromatic carbocycles. The van der Waals surface area contributed by atoms with Crippen LogP contribution < -0.4 is 4.74 Å². The van der Waals surface area contributed by atoms with Gasteiger partial charge in [-0.25, -0.2) is 9.07 Å². The number of halogens is 3. The zero-order valence-corrected chi connectivity index (χ0v) is 16.6. The molecule has 1 saturated carbocycles. The third kappa shape index (κ3) is 5.62. The molecule has 1 fully saturated rings. The van der Waals surface area contributed by atoms with E-state index in [0.717, 1.165) is 37.4 Å². The highest BCUT2D eigenvalue weighted by molar-refractivity contribution is 6.30. The molecule has 144 valence electrons. The molecule has 3 nitrogen and oxygen atoms in total. The minimum atomic E-state index is -2.34. The van der Waals surface area contributed by atoms with Gasteiger partial charge in [-0.3, -0.25) is 0 Å². The average molecular weight is 403 g/mol. The Morgan fingerprint density at radius 3 is 2.81 bits per heavy atom. The number of hydrogen-bond donors (Lipinski definition) is 0. The van der Waals surface area contributed by atoms with Crippen LogP contribution in [0.2, 0.25) is 5.02 Å². The Labute approximate surface area is 169 Å². The number of rotatable bonds is 7. The van der Waals surface area contributed by atoms with Crippen LogP contribution in [0.3, 0.4) is 0 Å². The first kappa shape index (κ1) is 18.1. The van der Waals surface area contributed by atoms with Gasteiger partial charge in [-0.15, -0.1) is 12.4 Å². The van der Waals surface area contributed by atoms with E-state index in [0.29, 0.717) is 18.3 Å². The summed E-state index contributed by atoms with van der Waals surface area (Å²) in [5, 5.41) is 4.88. The van der Waals surface area contributed by atoms with Crippen LogP contribution in [-0.2, 0) is 19.5 Å². The summed E-state index contributed by atoms with van der Waals surface area (Å²) in [7, 11) is 0. The fourth-order valence-corrected chi connectivity index (χ4v) is 3.51. The molecule has 0 amide bonds. The van der Waals surface area contributed by atoms with Gasteiger partial charge in [0.15, 0.2) is 0 Å². The van der Waals surface area contributed by atoms with Crippen LogP contribution in [0, 0.1) is 11.7 Å². The summed E-state index contributed by atoms with van der Waals surface area (Å²) in [6, 6.07) is 5.59. The van der Waals surface area contributed by atoms with Gasteiger partial charge < -0.3 is 4.74 Å². The number of ether oxygens (including phenoxy) is 1. The summed E-state index contributed by atoms with van der Waals surface area (Å²) in [5.74, 6) is 0.175. The molecule has 0 spiro atoms. The van der Waals surface area contributed by atoms with E-state index in [1.165, 1.54) is 31.4 Å². The van der Waals surface area contributed by atoms with Crippen molar-refractivity contribution in [1.29, 1.82) is 0 Å². The van der Waals surface area contributed by atoms with Crippen molar-refractivity contribution in [2.24, 2.45) is 5.92 Å². The number of nitrogens with zero attached hydrogens (tertiary/aromatic N) is 2. The maximum atomic E-state index is 14.2. The minimum Gasteiger partial charge on any atom is -0.473 e. The van der Waals surface area contributed by atoms with Crippen LogP contribution in [0.15, 0.2) is 24.3 Å². The predicted octanol–water partition coefficient (Wildman–Crippen LogP) is 6.21. The van der Waals surface area contributed by atoms with E-state index in [2.05, 4.69) is 12.0 Å². The molecule has 26 heavy (non-hydrogen) atoms.